The molecule has 1 rings (SSSR count). The van der Waals surface area contributed by atoms with Gasteiger partial charge >= 0.3 is 0 Å². The predicted molar refractivity (Wildman–Crippen MR) is 30.3 cm³/mol. The lowest BCUT2D eigenvalue weighted by Crippen LogP contribution is -2.23. The maximum absolute atomic E-state index is 10.2. The zero-order chi connectivity index (χ0) is 7.72. The Morgan fingerprint density at radius 3 is 2.40 bits per heavy atom. The number of aromatic nitrogens is 1. The molecule has 0 radical (unpaired) electrons. The van der Waals surface area contributed by atoms with E-state index in [1.165, 1.54) is 6.92 Å². The Morgan fingerprint density at radius 2 is 2.20 bits per heavy atom. The number of rotatable bonds is 1. The van der Waals surface area contributed by atoms with E-state index < -0.39 is 5.97 Å². The average Bonchev–Trinajstić information content (AvgIpc) is 2.10. The third-order valence-corrected chi connectivity index (χ3v) is 1.10. The summed E-state index contributed by atoms with van der Waals surface area (Å²) in [4.78, 5) is 13.8. The van der Waals surface area contributed by atoms with Crippen LogP contribution in [0.5, 0.6) is 0 Å². The van der Waals surface area contributed by atoms with E-state index in [0.717, 1.165) is 0 Å². The van der Waals surface area contributed by atoms with E-state index in [1.54, 1.807) is 6.92 Å². The van der Waals surface area contributed by atoms with Crippen LogP contribution in [-0.2, 0) is 0 Å². The normalized spacial score (nSPS) is 9.80. The number of oxazole rings is 1. The lowest BCUT2D eigenvalue weighted by Gasteiger charge is -1.93. The summed E-state index contributed by atoms with van der Waals surface area (Å²) in [6.07, 6.45) is 0. The first-order chi connectivity index (χ1) is 4.61. The van der Waals surface area contributed by atoms with Gasteiger partial charge in [0.15, 0.2) is 5.89 Å². The maximum atomic E-state index is 10.2. The van der Waals surface area contributed by atoms with Gasteiger partial charge in [0.2, 0.25) is 0 Å². The fourth-order valence-corrected chi connectivity index (χ4v) is 0.718. The second kappa shape index (κ2) is 2.13. The summed E-state index contributed by atoms with van der Waals surface area (Å²) < 4.78 is 4.84. The van der Waals surface area contributed by atoms with Crippen LogP contribution in [0.15, 0.2) is 4.42 Å². The van der Waals surface area contributed by atoms with Crippen molar-refractivity contribution in [3.05, 3.63) is 17.3 Å². The first-order valence-electron chi connectivity index (χ1n) is 2.76. The van der Waals surface area contributed by atoms with Crippen LogP contribution in [0.2, 0.25) is 0 Å². The van der Waals surface area contributed by atoms with E-state index in [0.29, 0.717) is 5.89 Å². The Kier molecular flexibility index (Phi) is 1.45. The molecule has 0 amide bonds. The average molecular weight is 140 g/mol. The number of carbonyl (C=O) groups excluding carboxylic acids is 1. The van der Waals surface area contributed by atoms with Crippen molar-refractivity contribution in [2.24, 2.45) is 0 Å². The summed E-state index contributed by atoms with van der Waals surface area (Å²) in [6.45, 7) is 3.12. The minimum Gasteiger partial charge on any atom is -0.543 e. The van der Waals surface area contributed by atoms with Crippen LogP contribution in [0.4, 0.5) is 0 Å². The van der Waals surface area contributed by atoms with Crippen LogP contribution in [0.3, 0.4) is 0 Å². The van der Waals surface area contributed by atoms with Gasteiger partial charge in [-0.2, -0.15) is 0 Å². The number of aromatic carboxylic acids is 1. The molecule has 0 fully saturated rings. The molecule has 0 aliphatic carbocycles. The number of hydrogen-bond donors (Lipinski definition) is 0. The third kappa shape index (κ3) is 1.00. The van der Waals surface area contributed by atoms with E-state index in [1.807, 2.05) is 0 Å². The molecule has 0 N–H and O–H groups in total. The van der Waals surface area contributed by atoms with Crippen LogP contribution in [0.1, 0.15) is 22.1 Å². The van der Waals surface area contributed by atoms with Crippen molar-refractivity contribution < 1.29 is 14.3 Å². The monoisotopic (exact) mass is 140 g/mol. The molecule has 0 spiro atoms. The molecule has 0 bridgehead atoms. The van der Waals surface area contributed by atoms with Crippen LogP contribution >= 0.6 is 0 Å². The molecule has 1 aromatic rings. The SMILES string of the molecule is Cc1nc(C(=O)[O-])c(C)o1. The quantitative estimate of drug-likeness (QED) is 0.535. The minimum atomic E-state index is -1.30. The van der Waals surface area contributed by atoms with Crippen molar-refractivity contribution in [1.82, 2.24) is 4.98 Å². The highest BCUT2D eigenvalue weighted by atomic mass is 16.4. The van der Waals surface area contributed by atoms with Gasteiger partial charge in [0.05, 0.1) is 5.97 Å². The first kappa shape index (κ1) is 6.80. The van der Waals surface area contributed by atoms with Gasteiger partial charge in [-0.05, 0) is 6.92 Å². The summed E-state index contributed by atoms with van der Waals surface area (Å²) >= 11 is 0. The molecule has 10 heavy (non-hydrogen) atoms. The second-order valence-electron chi connectivity index (χ2n) is 1.93. The van der Waals surface area contributed by atoms with Gasteiger partial charge in [-0.15, -0.1) is 0 Å². The van der Waals surface area contributed by atoms with E-state index in [2.05, 4.69) is 4.98 Å². The fourth-order valence-electron chi connectivity index (χ4n) is 0.718. The van der Waals surface area contributed by atoms with Crippen LogP contribution in [-0.4, -0.2) is 11.0 Å². The molecule has 4 nitrogen and oxygen atoms in total. The van der Waals surface area contributed by atoms with Gasteiger partial charge < -0.3 is 14.3 Å². The Hall–Kier alpha value is -1.32. The summed E-state index contributed by atoms with van der Waals surface area (Å²) in [5.74, 6) is -0.663. The number of nitrogens with zero attached hydrogens (tertiary/aromatic N) is 1. The zero-order valence-electron chi connectivity index (χ0n) is 5.67. The van der Waals surface area contributed by atoms with Gasteiger partial charge in [0, 0.05) is 6.92 Å². The lowest BCUT2D eigenvalue weighted by atomic mass is 10.4. The maximum Gasteiger partial charge on any atom is 0.191 e. The molecule has 54 valence electrons. The zero-order valence-corrected chi connectivity index (χ0v) is 5.67. The molecule has 0 aromatic carbocycles. The fraction of sp³-hybridized carbons (Fsp3) is 0.333. The molecule has 0 aliphatic heterocycles. The van der Waals surface area contributed by atoms with Crippen molar-refractivity contribution in [3.63, 3.8) is 0 Å². The smallest absolute Gasteiger partial charge is 0.191 e. The Morgan fingerprint density at radius 1 is 1.60 bits per heavy atom. The highest BCUT2D eigenvalue weighted by Crippen LogP contribution is 2.06. The molecule has 0 saturated heterocycles. The molecule has 1 aromatic heterocycles. The molecule has 0 aliphatic rings. The summed E-state index contributed by atoms with van der Waals surface area (Å²) in [7, 11) is 0. The molecule has 0 unspecified atom stereocenters. The summed E-state index contributed by atoms with van der Waals surface area (Å²) in [5.41, 5.74) is -0.113. The second-order valence-corrected chi connectivity index (χ2v) is 1.93. The number of carbonyl (C=O) groups is 1. The highest BCUT2D eigenvalue weighted by Gasteiger charge is 2.05. The lowest BCUT2D eigenvalue weighted by molar-refractivity contribution is -0.255. The van der Waals surface area contributed by atoms with Crippen molar-refractivity contribution in [2.75, 3.05) is 0 Å². The van der Waals surface area contributed by atoms with E-state index in [9.17, 15) is 9.90 Å². The Balaban J connectivity index is 3.15. The van der Waals surface area contributed by atoms with Gasteiger partial charge in [-0.3, -0.25) is 0 Å². The summed E-state index contributed by atoms with van der Waals surface area (Å²) in [6, 6.07) is 0. The largest absolute Gasteiger partial charge is 0.543 e. The minimum absolute atomic E-state index is 0.113. The number of aryl methyl sites for hydroxylation is 2. The molecular formula is C6H6NO3-. The first-order valence-corrected chi connectivity index (χ1v) is 2.76. The Bertz CT molecular complexity index is 264. The predicted octanol–water partition coefficient (Wildman–Crippen LogP) is -0.345. The van der Waals surface area contributed by atoms with Crippen molar-refractivity contribution >= 4 is 5.97 Å². The Labute approximate surface area is 57.5 Å². The van der Waals surface area contributed by atoms with Crippen molar-refractivity contribution in [2.45, 2.75) is 13.8 Å². The number of carboxylic acids is 1. The topological polar surface area (TPSA) is 66.2 Å². The standard InChI is InChI=1S/C6H7NO3/c1-3-5(6(8)9)7-4(2)10-3/h1-2H3,(H,8,9)/p-1. The molecule has 0 saturated carbocycles. The van der Waals surface area contributed by atoms with Gasteiger partial charge in [0.25, 0.3) is 0 Å². The number of hydrogen-bond acceptors (Lipinski definition) is 4. The van der Waals surface area contributed by atoms with E-state index in [4.69, 9.17) is 4.42 Å². The highest BCUT2D eigenvalue weighted by molar-refractivity contribution is 5.84. The van der Waals surface area contributed by atoms with Crippen molar-refractivity contribution in [1.29, 1.82) is 0 Å². The van der Waals surface area contributed by atoms with Gasteiger partial charge in [-0.1, -0.05) is 0 Å². The molecule has 0 atom stereocenters. The van der Waals surface area contributed by atoms with Crippen LogP contribution in [0.25, 0.3) is 0 Å². The van der Waals surface area contributed by atoms with Gasteiger partial charge in [-0.25, -0.2) is 4.98 Å². The number of carboxylic acid groups (broad SMARTS) is 1. The van der Waals surface area contributed by atoms with E-state index in [-0.39, 0.29) is 11.5 Å². The third-order valence-electron chi connectivity index (χ3n) is 1.10. The van der Waals surface area contributed by atoms with Crippen LogP contribution < -0.4 is 5.11 Å². The van der Waals surface area contributed by atoms with E-state index >= 15 is 0 Å². The molecular weight excluding hydrogens is 134 g/mol. The summed E-state index contributed by atoms with van der Waals surface area (Å²) in [5, 5.41) is 10.2. The van der Waals surface area contributed by atoms with Gasteiger partial charge in [0.1, 0.15) is 11.5 Å². The van der Waals surface area contributed by atoms with Crippen molar-refractivity contribution in [3.8, 4) is 0 Å². The molecule has 4 heteroatoms. The molecule has 1 heterocycles. The van der Waals surface area contributed by atoms with Crippen LogP contribution in [0, 0.1) is 13.8 Å².